The summed E-state index contributed by atoms with van der Waals surface area (Å²) in [6, 6.07) is 20.4. The molecule has 2 aromatic carbocycles. The highest BCUT2D eigenvalue weighted by Gasteiger charge is 2.42. The third kappa shape index (κ3) is 3.34. The van der Waals surface area contributed by atoms with E-state index in [1.807, 2.05) is 42.5 Å². The zero-order valence-corrected chi connectivity index (χ0v) is 14.3. The van der Waals surface area contributed by atoms with E-state index in [0.717, 1.165) is 24.9 Å². The number of nitrogens with zero attached hydrogens (tertiary/aromatic N) is 1. The van der Waals surface area contributed by atoms with Crippen LogP contribution in [0.1, 0.15) is 35.7 Å². The van der Waals surface area contributed by atoms with E-state index in [9.17, 15) is 4.79 Å². The lowest BCUT2D eigenvalue weighted by atomic mass is 9.92. The Morgan fingerprint density at radius 1 is 1.12 bits per heavy atom. The molecule has 0 unspecified atom stereocenters. The first-order valence-corrected chi connectivity index (χ1v) is 8.76. The highest BCUT2D eigenvalue weighted by molar-refractivity contribution is 6.00. The molecule has 0 bridgehead atoms. The number of ketones is 1. The molecule has 1 saturated heterocycles. The van der Waals surface area contributed by atoms with Crippen LogP contribution in [0.4, 0.5) is 0 Å². The second-order valence-electron chi connectivity index (χ2n) is 6.53. The first-order chi connectivity index (χ1) is 11.7. The van der Waals surface area contributed by atoms with Crippen molar-refractivity contribution in [1.82, 2.24) is 4.90 Å². The largest absolute Gasteiger partial charge is 0.292 e. The average molecular weight is 319 g/mol. The van der Waals surface area contributed by atoms with E-state index in [2.05, 4.69) is 42.7 Å². The number of likely N-dealkylation sites (tertiary alicyclic amines) is 1. The van der Waals surface area contributed by atoms with E-state index in [1.54, 1.807) is 0 Å². The van der Waals surface area contributed by atoms with Gasteiger partial charge in [-0.25, -0.2) is 0 Å². The quantitative estimate of drug-likeness (QED) is 0.567. The number of carbonyl (C=O) groups is 1. The van der Waals surface area contributed by atoms with Crippen molar-refractivity contribution in [3.63, 3.8) is 0 Å². The molecule has 2 aromatic rings. The average Bonchev–Trinajstić information content (AvgIpc) is 3.00. The Balaban J connectivity index is 1.92. The summed E-state index contributed by atoms with van der Waals surface area (Å²) < 4.78 is 0. The first-order valence-electron chi connectivity index (χ1n) is 8.76. The van der Waals surface area contributed by atoms with Crippen LogP contribution in [-0.4, -0.2) is 22.8 Å². The van der Waals surface area contributed by atoms with Gasteiger partial charge < -0.3 is 0 Å². The monoisotopic (exact) mass is 319 g/mol. The van der Waals surface area contributed by atoms with Crippen LogP contribution in [0.25, 0.3) is 0 Å². The summed E-state index contributed by atoms with van der Waals surface area (Å²) in [5.74, 6) is 0.429. The molecule has 3 rings (SSSR count). The minimum atomic E-state index is -0.116. The molecule has 1 fully saturated rings. The van der Waals surface area contributed by atoms with Gasteiger partial charge in [0.2, 0.25) is 0 Å². The summed E-state index contributed by atoms with van der Waals surface area (Å²) in [7, 11) is 0. The molecule has 24 heavy (non-hydrogen) atoms. The van der Waals surface area contributed by atoms with Gasteiger partial charge in [-0.1, -0.05) is 73.7 Å². The van der Waals surface area contributed by atoms with Crippen molar-refractivity contribution in [2.75, 3.05) is 0 Å². The maximum Gasteiger partial charge on any atom is 0.180 e. The third-order valence-corrected chi connectivity index (χ3v) is 5.09. The lowest BCUT2D eigenvalue weighted by Crippen LogP contribution is -2.42. The van der Waals surface area contributed by atoms with Crippen LogP contribution < -0.4 is 0 Å². The van der Waals surface area contributed by atoms with Crippen LogP contribution in [0.15, 0.2) is 73.3 Å². The number of benzene rings is 2. The lowest BCUT2D eigenvalue weighted by molar-refractivity contribution is 0.0797. The van der Waals surface area contributed by atoms with E-state index in [0.29, 0.717) is 6.04 Å². The topological polar surface area (TPSA) is 20.3 Å². The summed E-state index contributed by atoms with van der Waals surface area (Å²) >= 11 is 0. The fourth-order valence-corrected chi connectivity index (χ4v) is 3.82. The van der Waals surface area contributed by atoms with Gasteiger partial charge >= 0.3 is 0 Å². The second kappa shape index (κ2) is 7.59. The van der Waals surface area contributed by atoms with E-state index in [4.69, 9.17) is 0 Å². The molecule has 0 spiro atoms. The molecule has 124 valence electrons. The summed E-state index contributed by atoms with van der Waals surface area (Å²) in [4.78, 5) is 15.6. The van der Waals surface area contributed by atoms with Crippen LogP contribution in [0, 0.1) is 5.92 Å². The maximum atomic E-state index is 13.2. The number of carbonyl (C=O) groups excluding carboxylic acids is 1. The molecule has 3 atom stereocenters. The van der Waals surface area contributed by atoms with Crippen LogP contribution in [0.5, 0.6) is 0 Å². The van der Waals surface area contributed by atoms with Crippen molar-refractivity contribution in [2.24, 2.45) is 5.92 Å². The lowest BCUT2D eigenvalue weighted by Gasteiger charge is -2.30. The zero-order chi connectivity index (χ0) is 16.9. The van der Waals surface area contributed by atoms with Gasteiger partial charge in [0.25, 0.3) is 0 Å². The van der Waals surface area contributed by atoms with Gasteiger partial charge in [0, 0.05) is 24.1 Å². The number of Topliss-reactive ketones (excluding diaryl/α,β-unsaturated/α-hetero) is 1. The minimum Gasteiger partial charge on any atom is -0.292 e. The van der Waals surface area contributed by atoms with Gasteiger partial charge in [0.15, 0.2) is 5.78 Å². The van der Waals surface area contributed by atoms with Gasteiger partial charge in [-0.2, -0.15) is 0 Å². The smallest absolute Gasteiger partial charge is 0.180 e. The predicted octanol–water partition coefficient (Wildman–Crippen LogP) is 4.72. The molecule has 0 aromatic heterocycles. The standard InChI is InChI=1S/C22H25NO/c1-3-18-15-20(4-2)23(16-17-11-7-5-8-12-17)21(18)22(24)19-13-9-6-10-14-19/h3,5-14,18,20-21H,1,4,15-16H2,2H3/t18-,20+,21-/m1/s1. The molecule has 0 radical (unpaired) electrons. The highest BCUT2D eigenvalue weighted by Crippen LogP contribution is 2.35. The molecule has 1 aliphatic heterocycles. The fraction of sp³-hybridized carbons (Fsp3) is 0.318. The van der Waals surface area contributed by atoms with Crippen molar-refractivity contribution in [2.45, 2.75) is 38.4 Å². The van der Waals surface area contributed by atoms with Crippen molar-refractivity contribution < 1.29 is 4.79 Å². The van der Waals surface area contributed by atoms with E-state index in [1.165, 1.54) is 5.56 Å². The van der Waals surface area contributed by atoms with Crippen molar-refractivity contribution in [3.05, 3.63) is 84.4 Å². The number of hydrogen-bond acceptors (Lipinski definition) is 2. The summed E-state index contributed by atoms with van der Waals surface area (Å²) in [5.41, 5.74) is 2.05. The SMILES string of the molecule is C=C[C@@H]1C[C@H](CC)N(Cc2ccccc2)[C@H]1C(=O)c1ccccc1. The van der Waals surface area contributed by atoms with Crippen LogP contribution in [0.2, 0.25) is 0 Å². The fourth-order valence-electron chi connectivity index (χ4n) is 3.82. The van der Waals surface area contributed by atoms with Crippen molar-refractivity contribution in [1.29, 1.82) is 0 Å². The first kappa shape index (κ1) is 16.7. The van der Waals surface area contributed by atoms with Crippen molar-refractivity contribution in [3.8, 4) is 0 Å². The predicted molar refractivity (Wildman–Crippen MR) is 98.9 cm³/mol. The van der Waals surface area contributed by atoms with Gasteiger partial charge in [-0.3, -0.25) is 9.69 Å². The molecule has 2 heteroatoms. The molecule has 0 amide bonds. The Morgan fingerprint density at radius 3 is 2.33 bits per heavy atom. The molecule has 2 nitrogen and oxygen atoms in total. The Labute approximate surface area is 144 Å². The Kier molecular flexibility index (Phi) is 5.27. The van der Waals surface area contributed by atoms with E-state index in [-0.39, 0.29) is 17.7 Å². The van der Waals surface area contributed by atoms with E-state index >= 15 is 0 Å². The summed E-state index contributed by atoms with van der Waals surface area (Å²) in [5, 5.41) is 0. The maximum absolute atomic E-state index is 13.2. The molecular weight excluding hydrogens is 294 g/mol. The Hall–Kier alpha value is -2.19. The minimum absolute atomic E-state index is 0.116. The molecule has 0 N–H and O–H groups in total. The molecular formula is C22H25NO. The highest BCUT2D eigenvalue weighted by atomic mass is 16.1. The number of rotatable bonds is 6. The second-order valence-corrected chi connectivity index (χ2v) is 6.53. The van der Waals surface area contributed by atoms with E-state index < -0.39 is 0 Å². The van der Waals surface area contributed by atoms with Crippen LogP contribution in [0.3, 0.4) is 0 Å². The van der Waals surface area contributed by atoms with Gasteiger partial charge in [-0.05, 0) is 18.4 Å². The van der Waals surface area contributed by atoms with Gasteiger partial charge in [-0.15, -0.1) is 6.58 Å². The Morgan fingerprint density at radius 2 is 1.75 bits per heavy atom. The molecule has 1 aliphatic rings. The summed E-state index contributed by atoms with van der Waals surface area (Å²) in [6.07, 6.45) is 4.03. The molecule has 0 saturated carbocycles. The number of hydrogen-bond donors (Lipinski definition) is 0. The summed E-state index contributed by atoms with van der Waals surface area (Å²) in [6.45, 7) is 7.02. The molecule has 0 aliphatic carbocycles. The zero-order valence-electron chi connectivity index (χ0n) is 14.3. The molecule has 1 heterocycles. The Bertz CT molecular complexity index is 680. The third-order valence-electron chi connectivity index (χ3n) is 5.09. The van der Waals surface area contributed by atoms with Gasteiger partial charge in [0.05, 0.1) is 6.04 Å². The normalized spacial score (nSPS) is 24.0. The van der Waals surface area contributed by atoms with Crippen LogP contribution >= 0.6 is 0 Å². The van der Waals surface area contributed by atoms with Crippen LogP contribution in [-0.2, 0) is 6.54 Å². The van der Waals surface area contributed by atoms with Gasteiger partial charge in [0.1, 0.15) is 0 Å². The van der Waals surface area contributed by atoms with Crippen molar-refractivity contribution >= 4 is 5.78 Å².